The molecule has 6 rings (SSSR count). The van der Waals surface area contributed by atoms with Gasteiger partial charge in [-0.1, -0.05) is 113 Å². The van der Waals surface area contributed by atoms with Crippen LogP contribution in [0.15, 0.2) is 132 Å². The summed E-state index contributed by atoms with van der Waals surface area (Å²) >= 11 is 3.50. The summed E-state index contributed by atoms with van der Waals surface area (Å²) in [4.78, 5) is 18.8. The Bertz CT molecular complexity index is 1630. The number of hydrogen-bond acceptors (Lipinski definition) is 4. The van der Waals surface area contributed by atoms with Gasteiger partial charge in [-0.2, -0.15) is 0 Å². The summed E-state index contributed by atoms with van der Waals surface area (Å²) in [5.74, 6) is 1.93. The predicted octanol–water partition coefficient (Wildman–Crippen LogP) is 8.36. The number of hydrogen-bond donors (Lipinski definition) is 0. The summed E-state index contributed by atoms with van der Waals surface area (Å²) in [5, 5.41) is 0. The molecule has 5 heteroatoms. The number of rotatable bonds is 5. The molecule has 0 atom stereocenters. The van der Waals surface area contributed by atoms with Gasteiger partial charge in [0, 0.05) is 33.6 Å². The SMILES string of the molecule is Brc1ccc(-c2ccc(-c3nc(-c4ccccc4)nc(-c4ccc(-c5cccnc5)cc4)n3)cc2)cc1. The second-order valence-electron chi connectivity index (χ2n) is 8.58. The number of pyridine rings is 1. The van der Waals surface area contributed by atoms with Gasteiger partial charge in [0.1, 0.15) is 0 Å². The molecule has 176 valence electrons. The zero-order valence-corrected chi connectivity index (χ0v) is 21.4. The van der Waals surface area contributed by atoms with E-state index in [-0.39, 0.29) is 0 Å². The molecular formula is C32H21BrN4. The van der Waals surface area contributed by atoms with Gasteiger partial charge in [-0.25, -0.2) is 15.0 Å². The van der Waals surface area contributed by atoms with E-state index in [1.54, 1.807) is 6.20 Å². The van der Waals surface area contributed by atoms with Crippen molar-refractivity contribution < 1.29 is 0 Å². The summed E-state index contributed by atoms with van der Waals surface area (Å²) in [6.07, 6.45) is 3.64. The van der Waals surface area contributed by atoms with Gasteiger partial charge in [0.15, 0.2) is 17.5 Å². The fraction of sp³-hybridized carbons (Fsp3) is 0. The maximum atomic E-state index is 4.88. The van der Waals surface area contributed by atoms with Crippen LogP contribution in [0.2, 0.25) is 0 Å². The number of halogens is 1. The minimum Gasteiger partial charge on any atom is -0.264 e. The van der Waals surface area contributed by atoms with Crippen molar-refractivity contribution >= 4 is 15.9 Å². The summed E-state index contributed by atoms with van der Waals surface area (Å²) in [6.45, 7) is 0. The van der Waals surface area contributed by atoms with Gasteiger partial charge in [-0.05, 0) is 40.5 Å². The third-order valence-corrected chi connectivity index (χ3v) is 6.65. The van der Waals surface area contributed by atoms with Crippen molar-refractivity contribution in [2.75, 3.05) is 0 Å². The predicted molar refractivity (Wildman–Crippen MR) is 153 cm³/mol. The normalized spacial score (nSPS) is 10.8. The molecule has 0 aliphatic heterocycles. The Labute approximate surface area is 223 Å². The zero-order chi connectivity index (χ0) is 25.0. The first-order valence-corrected chi connectivity index (χ1v) is 12.7. The third-order valence-electron chi connectivity index (χ3n) is 6.13. The molecule has 0 bridgehead atoms. The van der Waals surface area contributed by atoms with Crippen LogP contribution < -0.4 is 0 Å². The average Bonchev–Trinajstić information content (AvgIpc) is 2.98. The second kappa shape index (κ2) is 10.2. The topological polar surface area (TPSA) is 51.6 Å². The molecule has 0 amide bonds. The van der Waals surface area contributed by atoms with Crippen LogP contribution in [0.25, 0.3) is 56.4 Å². The lowest BCUT2D eigenvalue weighted by Gasteiger charge is -2.10. The standard InChI is InChI=1S/C32H21BrN4/c33-29-18-16-23(17-19-29)22-8-12-26(13-9-22)31-35-30(25-5-2-1-3-6-25)36-32(37-31)27-14-10-24(11-15-27)28-7-4-20-34-21-28/h1-21H. The summed E-state index contributed by atoms with van der Waals surface area (Å²) in [5.41, 5.74) is 7.28. The molecule has 6 aromatic rings. The van der Waals surface area contributed by atoms with Crippen molar-refractivity contribution in [1.29, 1.82) is 0 Å². The molecule has 0 N–H and O–H groups in total. The summed E-state index contributed by atoms with van der Waals surface area (Å²) < 4.78 is 1.06. The molecule has 0 unspecified atom stereocenters. The minimum atomic E-state index is 0.638. The van der Waals surface area contributed by atoms with E-state index in [4.69, 9.17) is 15.0 Å². The van der Waals surface area contributed by atoms with Crippen molar-refractivity contribution in [2.24, 2.45) is 0 Å². The largest absolute Gasteiger partial charge is 0.264 e. The van der Waals surface area contributed by atoms with Crippen molar-refractivity contribution in [1.82, 2.24) is 19.9 Å². The molecule has 4 aromatic carbocycles. The second-order valence-corrected chi connectivity index (χ2v) is 9.49. The number of nitrogens with zero attached hydrogens (tertiary/aromatic N) is 4. The Kier molecular flexibility index (Phi) is 6.36. The Balaban J connectivity index is 1.40. The first kappa shape index (κ1) is 23.0. The van der Waals surface area contributed by atoms with E-state index in [0.29, 0.717) is 17.5 Å². The molecule has 37 heavy (non-hydrogen) atoms. The quantitative estimate of drug-likeness (QED) is 0.220. The van der Waals surface area contributed by atoms with Crippen LogP contribution in [-0.4, -0.2) is 19.9 Å². The lowest BCUT2D eigenvalue weighted by molar-refractivity contribution is 1.07. The van der Waals surface area contributed by atoms with Crippen molar-refractivity contribution in [3.05, 3.63) is 132 Å². The fourth-order valence-corrected chi connectivity index (χ4v) is 4.41. The lowest BCUT2D eigenvalue weighted by atomic mass is 10.0. The van der Waals surface area contributed by atoms with Gasteiger partial charge in [0.25, 0.3) is 0 Å². The van der Waals surface area contributed by atoms with Crippen LogP contribution in [0.4, 0.5) is 0 Å². The Hall–Kier alpha value is -4.48. The van der Waals surface area contributed by atoms with Crippen LogP contribution in [0, 0.1) is 0 Å². The molecule has 0 fully saturated rings. The highest BCUT2D eigenvalue weighted by Crippen LogP contribution is 2.28. The van der Waals surface area contributed by atoms with E-state index in [9.17, 15) is 0 Å². The first-order valence-electron chi connectivity index (χ1n) is 11.9. The van der Waals surface area contributed by atoms with E-state index in [1.165, 1.54) is 0 Å². The number of aromatic nitrogens is 4. The van der Waals surface area contributed by atoms with Gasteiger partial charge in [0.2, 0.25) is 0 Å². The van der Waals surface area contributed by atoms with Crippen molar-refractivity contribution in [3.8, 4) is 56.4 Å². The minimum absolute atomic E-state index is 0.638. The van der Waals surface area contributed by atoms with E-state index in [0.717, 1.165) is 43.4 Å². The molecule has 4 nitrogen and oxygen atoms in total. The van der Waals surface area contributed by atoms with E-state index < -0.39 is 0 Å². The smallest absolute Gasteiger partial charge is 0.164 e. The van der Waals surface area contributed by atoms with Crippen molar-refractivity contribution in [3.63, 3.8) is 0 Å². The van der Waals surface area contributed by atoms with Crippen LogP contribution in [0.5, 0.6) is 0 Å². The highest BCUT2D eigenvalue weighted by atomic mass is 79.9. The molecule has 2 heterocycles. The van der Waals surface area contributed by atoms with Crippen LogP contribution in [0.3, 0.4) is 0 Å². The number of benzene rings is 4. The molecule has 0 spiro atoms. The Morgan fingerprint density at radius 1 is 0.378 bits per heavy atom. The molecule has 0 aliphatic rings. The lowest BCUT2D eigenvalue weighted by Crippen LogP contribution is -2.00. The van der Waals surface area contributed by atoms with E-state index >= 15 is 0 Å². The van der Waals surface area contributed by atoms with Crippen LogP contribution >= 0.6 is 15.9 Å². The first-order chi connectivity index (χ1) is 18.2. The molecule has 0 saturated heterocycles. The van der Waals surface area contributed by atoms with E-state index in [1.807, 2.05) is 66.9 Å². The molecule has 2 aromatic heterocycles. The van der Waals surface area contributed by atoms with E-state index in [2.05, 4.69) is 75.5 Å². The molecule has 0 aliphatic carbocycles. The maximum Gasteiger partial charge on any atom is 0.164 e. The highest BCUT2D eigenvalue weighted by molar-refractivity contribution is 9.10. The van der Waals surface area contributed by atoms with Gasteiger partial charge >= 0.3 is 0 Å². The zero-order valence-electron chi connectivity index (χ0n) is 19.8. The summed E-state index contributed by atoms with van der Waals surface area (Å²) in [7, 11) is 0. The third kappa shape index (κ3) is 5.08. The van der Waals surface area contributed by atoms with Crippen LogP contribution in [0.1, 0.15) is 0 Å². The fourth-order valence-electron chi connectivity index (χ4n) is 4.15. The van der Waals surface area contributed by atoms with Crippen molar-refractivity contribution in [2.45, 2.75) is 0 Å². The average molecular weight is 541 g/mol. The van der Waals surface area contributed by atoms with Gasteiger partial charge in [0.05, 0.1) is 0 Å². The summed E-state index contributed by atoms with van der Waals surface area (Å²) in [6, 6.07) is 38.9. The Morgan fingerprint density at radius 3 is 1.27 bits per heavy atom. The highest BCUT2D eigenvalue weighted by Gasteiger charge is 2.13. The maximum absolute atomic E-state index is 4.88. The van der Waals surface area contributed by atoms with Gasteiger partial charge in [-0.15, -0.1) is 0 Å². The van der Waals surface area contributed by atoms with Gasteiger partial charge < -0.3 is 0 Å². The Morgan fingerprint density at radius 2 is 0.784 bits per heavy atom. The van der Waals surface area contributed by atoms with Crippen LogP contribution in [-0.2, 0) is 0 Å². The van der Waals surface area contributed by atoms with Gasteiger partial charge in [-0.3, -0.25) is 4.98 Å². The molecule has 0 saturated carbocycles. The monoisotopic (exact) mass is 540 g/mol. The molecule has 0 radical (unpaired) electrons. The molecular weight excluding hydrogens is 520 g/mol.